The first-order valence-electron chi connectivity index (χ1n) is 9.41. The molecule has 0 aliphatic carbocycles. The second-order valence-corrected chi connectivity index (χ2v) is 8.52. The summed E-state index contributed by atoms with van der Waals surface area (Å²) in [6, 6.07) is 0. The Hall–Kier alpha value is -0.550. The number of carbonyl (C=O) groups excluding carboxylic acids is 3. The zero-order chi connectivity index (χ0) is 19.1. The highest BCUT2D eigenvalue weighted by atomic mass is 35.5. The first kappa shape index (κ1) is 24.5. The molecule has 0 unspecified atom stereocenters. The predicted molar refractivity (Wildman–Crippen MR) is 107 cm³/mol. The van der Waals surface area contributed by atoms with Gasteiger partial charge in [0.05, 0.1) is 6.42 Å². The number of Topliss-reactive ketones (excluding diaryl/α,β-unsaturated/α-hetero) is 1. The van der Waals surface area contributed by atoms with Crippen LogP contribution in [-0.4, -0.2) is 34.5 Å². The number of hydrogen-bond donors (Lipinski definition) is 1. The molecule has 0 saturated carbocycles. The van der Waals surface area contributed by atoms with E-state index in [1.54, 1.807) is 0 Å². The molecule has 6 heteroatoms. The maximum absolute atomic E-state index is 11.9. The van der Waals surface area contributed by atoms with Crippen LogP contribution in [0, 0.1) is 5.92 Å². The Morgan fingerprint density at radius 2 is 1.72 bits per heavy atom. The van der Waals surface area contributed by atoms with Crippen LogP contribution in [0.5, 0.6) is 0 Å². The van der Waals surface area contributed by atoms with Crippen LogP contribution in [0.2, 0.25) is 0 Å². The molecule has 146 valence electrons. The van der Waals surface area contributed by atoms with Crippen LogP contribution >= 0.6 is 23.4 Å². The average molecular weight is 392 g/mol. The molecule has 0 aromatic heterocycles. The second kappa shape index (κ2) is 15.7. The van der Waals surface area contributed by atoms with Gasteiger partial charge in [-0.15, -0.1) is 11.6 Å². The molecule has 4 nitrogen and oxygen atoms in total. The third kappa shape index (κ3) is 16.7. The van der Waals surface area contributed by atoms with E-state index < -0.39 is 0 Å². The molecular weight excluding hydrogens is 358 g/mol. The number of unbranched alkanes of at least 4 members (excludes halogenated alkanes) is 2. The standard InChI is InChI=1S/C19H34ClNO3S/c1-4-5-9-17(20)10-7-6-8-15(2)13-18(23)14-19(24)25-12-11-21-16(3)22/h15,17H,4-14H2,1-3H3,(H,21,22)/t15-,17-/m0/s1. The maximum Gasteiger partial charge on any atom is 0.216 e. The normalized spacial score (nSPS) is 13.3. The zero-order valence-corrected chi connectivity index (χ0v) is 17.5. The van der Waals surface area contributed by atoms with Crippen molar-refractivity contribution >= 4 is 40.2 Å². The molecule has 0 aliphatic rings. The molecule has 0 aliphatic heterocycles. The van der Waals surface area contributed by atoms with Crippen LogP contribution in [0.25, 0.3) is 0 Å². The van der Waals surface area contributed by atoms with E-state index in [9.17, 15) is 14.4 Å². The van der Waals surface area contributed by atoms with E-state index in [4.69, 9.17) is 11.6 Å². The van der Waals surface area contributed by atoms with Gasteiger partial charge in [-0.25, -0.2) is 0 Å². The summed E-state index contributed by atoms with van der Waals surface area (Å²) >= 11 is 7.38. The van der Waals surface area contributed by atoms with Gasteiger partial charge in [0.2, 0.25) is 5.91 Å². The van der Waals surface area contributed by atoms with Crippen LogP contribution in [0.1, 0.15) is 78.6 Å². The molecule has 0 radical (unpaired) electrons. The van der Waals surface area contributed by atoms with Crippen molar-refractivity contribution in [1.82, 2.24) is 5.32 Å². The average Bonchev–Trinajstić information content (AvgIpc) is 2.53. The van der Waals surface area contributed by atoms with E-state index in [0.29, 0.717) is 24.6 Å². The van der Waals surface area contributed by atoms with Crippen molar-refractivity contribution in [3.8, 4) is 0 Å². The van der Waals surface area contributed by atoms with Gasteiger partial charge in [-0.3, -0.25) is 14.4 Å². The van der Waals surface area contributed by atoms with Gasteiger partial charge >= 0.3 is 0 Å². The Morgan fingerprint density at radius 1 is 1.08 bits per heavy atom. The van der Waals surface area contributed by atoms with Gasteiger partial charge in [0, 0.05) is 31.0 Å². The Bertz CT molecular complexity index is 404. The van der Waals surface area contributed by atoms with Crippen molar-refractivity contribution in [2.45, 2.75) is 83.9 Å². The van der Waals surface area contributed by atoms with E-state index in [1.165, 1.54) is 19.8 Å². The number of alkyl halides is 1. The molecular formula is C19H34ClNO3S. The molecule has 0 saturated heterocycles. The number of thioether (sulfide) groups is 1. The van der Waals surface area contributed by atoms with Gasteiger partial charge in [-0.05, 0) is 18.8 Å². The molecule has 0 heterocycles. The van der Waals surface area contributed by atoms with Crippen LogP contribution in [0.15, 0.2) is 0 Å². The fourth-order valence-electron chi connectivity index (χ4n) is 2.60. The summed E-state index contributed by atoms with van der Waals surface area (Å²) in [5.74, 6) is 0.736. The number of rotatable bonds is 15. The van der Waals surface area contributed by atoms with Crippen LogP contribution in [0.4, 0.5) is 0 Å². The van der Waals surface area contributed by atoms with Crippen LogP contribution in [0.3, 0.4) is 0 Å². The van der Waals surface area contributed by atoms with Crippen molar-refractivity contribution in [3.05, 3.63) is 0 Å². The number of hydrogen-bond acceptors (Lipinski definition) is 4. The molecule has 0 aromatic carbocycles. The summed E-state index contributed by atoms with van der Waals surface area (Å²) in [6.45, 7) is 6.14. The Labute approximate surface area is 162 Å². The summed E-state index contributed by atoms with van der Waals surface area (Å²) in [4.78, 5) is 34.4. The summed E-state index contributed by atoms with van der Waals surface area (Å²) in [7, 11) is 0. The summed E-state index contributed by atoms with van der Waals surface area (Å²) in [5.41, 5.74) is 0. The third-order valence-corrected chi connectivity index (χ3v) is 5.30. The molecule has 2 atom stereocenters. The van der Waals surface area contributed by atoms with Crippen molar-refractivity contribution in [2.24, 2.45) is 5.92 Å². The van der Waals surface area contributed by atoms with Gasteiger partial charge in [-0.1, -0.05) is 57.7 Å². The maximum atomic E-state index is 11.9. The third-order valence-electron chi connectivity index (χ3n) is 3.99. The molecule has 0 fully saturated rings. The highest BCUT2D eigenvalue weighted by molar-refractivity contribution is 8.13. The SMILES string of the molecule is CCCC[C@H](Cl)CCCC[C@H](C)CC(=O)CC(=O)SCCNC(C)=O. The predicted octanol–water partition coefficient (Wildman–Crippen LogP) is 4.73. The molecule has 1 amide bonds. The quantitative estimate of drug-likeness (QED) is 0.249. The van der Waals surface area contributed by atoms with Gasteiger partial charge < -0.3 is 5.32 Å². The Kier molecular flexibility index (Phi) is 15.3. The molecule has 0 aromatic rings. The van der Waals surface area contributed by atoms with E-state index in [2.05, 4.69) is 19.2 Å². The van der Waals surface area contributed by atoms with E-state index >= 15 is 0 Å². The minimum atomic E-state index is -0.108. The lowest BCUT2D eigenvalue weighted by Crippen LogP contribution is -2.23. The van der Waals surface area contributed by atoms with Gasteiger partial charge in [0.25, 0.3) is 0 Å². The second-order valence-electron chi connectivity index (χ2n) is 6.75. The first-order chi connectivity index (χ1) is 11.8. The lowest BCUT2D eigenvalue weighted by Gasteiger charge is -2.12. The van der Waals surface area contributed by atoms with Gasteiger partial charge in [-0.2, -0.15) is 0 Å². The lowest BCUT2D eigenvalue weighted by molar-refractivity contribution is -0.124. The number of halogens is 1. The highest BCUT2D eigenvalue weighted by Gasteiger charge is 2.14. The Balaban J connectivity index is 3.70. The topological polar surface area (TPSA) is 63.2 Å². The fourth-order valence-corrected chi connectivity index (χ4v) is 3.60. The molecule has 0 rings (SSSR count). The minimum Gasteiger partial charge on any atom is -0.356 e. The van der Waals surface area contributed by atoms with Crippen LogP contribution < -0.4 is 5.32 Å². The Morgan fingerprint density at radius 3 is 2.36 bits per heavy atom. The summed E-state index contributed by atoms with van der Waals surface area (Å²) in [6.07, 6.45) is 8.18. The number of amides is 1. The first-order valence-corrected chi connectivity index (χ1v) is 10.8. The van der Waals surface area contributed by atoms with E-state index in [1.807, 2.05) is 0 Å². The largest absolute Gasteiger partial charge is 0.356 e. The fraction of sp³-hybridized carbons (Fsp3) is 0.842. The van der Waals surface area contributed by atoms with Crippen molar-refractivity contribution in [2.75, 3.05) is 12.3 Å². The van der Waals surface area contributed by atoms with Crippen molar-refractivity contribution in [3.63, 3.8) is 0 Å². The zero-order valence-electron chi connectivity index (χ0n) is 15.9. The summed E-state index contributed by atoms with van der Waals surface area (Å²) in [5, 5.41) is 2.80. The highest BCUT2D eigenvalue weighted by Crippen LogP contribution is 2.19. The number of ketones is 1. The lowest BCUT2D eigenvalue weighted by atomic mass is 9.96. The molecule has 0 spiro atoms. The number of carbonyl (C=O) groups is 3. The van der Waals surface area contributed by atoms with Gasteiger partial charge in [0.1, 0.15) is 5.78 Å². The molecule has 0 bridgehead atoms. The van der Waals surface area contributed by atoms with E-state index in [0.717, 1.165) is 43.9 Å². The molecule has 25 heavy (non-hydrogen) atoms. The smallest absolute Gasteiger partial charge is 0.216 e. The number of nitrogens with one attached hydrogen (secondary N) is 1. The van der Waals surface area contributed by atoms with Crippen LogP contribution in [-0.2, 0) is 14.4 Å². The monoisotopic (exact) mass is 391 g/mol. The minimum absolute atomic E-state index is 0.00412. The van der Waals surface area contributed by atoms with Crippen molar-refractivity contribution in [1.29, 1.82) is 0 Å². The summed E-state index contributed by atoms with van der Waals surface area (Å²) < 4.78 is 0. The molecule has 1 N–H and O–H groups in total. The van der Waals surface area contributed by atoms with Crippen molar-refractivity contribution < 1.29 is 14.4 Å². The van der Waals surface area contributed by atoms with E-state index in [-0.39, 0.29) is 28.6 Å². The van der Waals surface area contributed by atoms with Gasteiger partial charge in [0.15, 0.2) is 5.12 Å².